The highest BCUT2D eigenvalue weighted by molar-refractivity contribution is 5.95. The van der Waals surface area contributed by atoms with E-state index < -0.39 is 17.2 Å². The van der Waals surface area contributed by atoms with E-state index in [4.69, 9.17) is 0 Å². The quantitative estimate of drug-likeness (QED) is 0.664. The lowest BCUT2D eigenvalue weighted by molar-refractivity contribution is 0.0753. The third kappa shape index (κ3) is 3.39. The summed E-state index contributed by atoms with van der Waals surface area (Å²) in [5, 5.41) is 4.26. The van der Waals surface area contributed by atoms with Crippen LogP contribution in [0.1, 0.15) is 16.1 Å². The smallest absolute Gasteiger partial charge is 0.278 e. The van der Waals surface area contributed by atoms with Gasteiger partial charge in [-0.25, -0.2) is 4.39 Å². The van der Waals surface area contributed by atoms with Gasteiger partial charge in [0, 0.05) is 20.1 Å². The number of carbonyl (C=O) groups excluding carboxylic acids is 1. The molecule has 0 fully saturated rings. The summed E-state index contributed by atoms with van der Waals surface area (Å²) in [4.78, 5) is 27.2. The summed E-state index contributed by atoms with van der Waals surface area (Å²) in [7, 11) is 1.62. The van der Waals surface area contributed by atoms with E-state index in [1.165, 1.54) is 21.7 Å². The van der Waals surface area contributed by atoms with Gasteiger partial charge in [0.25, 0.3) is 5.91 Å². The van der Waals surface area contributed by atoms with Crippen LogP contribution in [0.2, 0.25) is 0 Å². The molecule has 0 atom stereocenters. The summed E-state index contributed by atoms with van der Waals surface area (Å²) >= 11 is 0. The number of rotatable bonds is 5. The van der Waals surface area contributed by atoms with Crippen molar-refractivity contribution in [1.29, 1.82) is 0 Å². The molecule has 132 valence electrons. The Bertz CT molecular complexity index is 1030. The first-order valence-corrected chi connectivity index (χ1v) is 8.12. The number of nitrogens with zero attached hydrogens (tertiary/aromatic N) is 3. The van der Waals surface area contributed by atoms with Crippen molar-refractivity contribution in [1.82, 2.24) is 14.7 Å². The Morgan fingerprint density at radius 1 is 1.27 bits per heavy atom. The number of fused-ring (bicyclic) bond motifs is 1. The number of halogens is 1. The van der Waals surface area contributed by atoms with E-state index in [-0.39, 0.29) is 17.6 Å². The average molecular weight is 351 g/mol. The van der Waals surface area contributed by atoms with Gasteiger partial charge in [-0.1, -0.05) is 36.4 Å². The summed E-state index contributed by atoms with van der Waals surface area (Å²) in [6.07, 6.45) is 1.59. The van der Waals surface area contributed by atoms with Gasteiger partial charge in [0.1, 0.15) is 5.82 Å². The van der Waals surface area contributed by atoms with Crippen molar-refractivity contribution in [2.45, 2.75) is 6.54 Å². The minimum atomic E-state index is -0.579. The second kappa shape index (κ2) is 7.31. The minimum Gasteiger partial charge on any atom is -0.329 e. The number of aryl methyl sites for hydroxylation is 1. The van der Waals surface area contributed by atoms with Gasteiger partial charge < -0.3 is 4.90 Å². The van der Waals surface area contributed by atoms with Crippen LogP contribution in [0.3, 0.4) is 0 Å². The summed E-state index contributed by atoms with van der Waals surface area (Å²) in [5.41, 5.74) is 0.575. The van der Waals surface area contributed by atoms with Gasteiger partial charge in [-0.2, -0.15) is 5.10 Å². The molecule has 0 N–H and O–H groups in total. The van der Waals surface area contributed by atoms with E-state index >= 15 is 0 Å². The maximum Gasteiger partial charge on any atom is 0.278 e. The fraction of sp³-hybridized carbons (Fsp3) is 0.150. The van der Waals surface area contributed by atoms with E-state index in [9.17, 15) is 14.0 Å². The second-order valence-electron chi connectivity index (χ2n) is 5.92. The van der Waals surface area contributed by atoms with Crippen LogP contribution in [0.25, 0.3) is 10.9 Å². The van der Waals surface area contributed by atoms with Crippen molar-refractivity contribution in [2.75, 3.05) is 6.54 Å². The molecule has 3 rings (SSSR count). The lowest BCUT2D eigenvalue weighted by Gasteiger charge is -2.21. The molecule has 1 amide bonds. The SMILES string of the molecule is C=CCN(Cc1ccccc1)C(=O)c1nn(C)c2ccc(F)cc2c1=O. The predicted molar refractivity (Wildman–Crippen MR) is 98.3 cm³/mol. The van der Waals surface area contributed by atoms with Gasteiger partial charge in [0.15, 0.2) is 5.69 Å². The van der Waals surface area contributed by atoms with E-state index in [2.05, 4.69) is 11.7 Å². The summed E-state index contributed by atoms with van der Waals surface area (Å²) in [5.74, 6) is -1.05. The number of benzene rings is 2. The standard InChI is InChI=1S/C20H18FN3O2/c1-3-11-24(13-14-7-5-4-6-8-14)20(26)18-19(25)16-12-15(21)9-10-17(16)23(2)22-18/h3-10,12H,1,11,13H2,2H3. The zero-order chi connectivity index (χ0) is 18.7. The molecule has 1 aromatic heterocycles. The van der Waals surface area contributed by atoms with Crippen LogP contribution in [-0.2, 0) is 13.6 Å². The Labute approximate surface area is 150 Å². The highest BCUT2D eigenvalue weighted by Gasteiger charge is 2.22. The Morgan fingerprint density at radius 3 is 2.69 bits per heavy atom. The molecule has 0 aliphatic carbocycles. The van der Waals surface area contributed by atoms with E-state index in [1.54, 1.807) is 13.1 Å². The Kier molecular flexibility index (Phi) is 4.93. The molecule has 2 aromatic carbocycles. The van der Waals surface area contributed by atoms with Crippen LogP contribution in [0.15, 0.2) is 66.0 Å². The largest absolute Gasteiger partial charge is 0.329 e. The number of hydrogen-bond acceptors (Lipinski definition) is 3. The second-order valence-corrected chi connectivity index (χ2v) is 5.92. The average Bonchev–Trinajstić information content (AvgIpc) is 2.64. The molecule has 0 radical (unpaired) electrons. The van der Waals surface area contributed by atoms with Crippen molar-refractivity contribution in [3.63, 3.8) is 0 Å². The maximum absolute atomic E-state index is 13.6. The molecule has 0 unspecified atom stereocenters. The maximum atomic E-state index is 13.6. The molecular formula is C20H18FN3O2. The van der Waals surface area contributed by atoms with Gasteiger partial charge in [-0.05, 0) is 23.8 Å². The highest BCUT2D eigenvalue weighted by atomic mass is 19.1. The van der Waals surface area contributed by atoms with Crippen LogP contribution in [0.4, 0.5) is 4.39 Å². The molecular weight excluding hydrogens is 333 g/mol. The third-order valence-electron chi connectivity index (χ3n) is 4.07. The normalized spacial score (nSPS) is 10.7. The lowest BCUT2D eigenvalue weighted by atomic mass is 10.1. The zero-order valence-corrected chi connectivity index (χ0v) is 14.4. The first kappa shape index (κ1) is 17.5. The van der Waals surface area contributed by atoms with Gasteiger partial charge in [-0.15, -0.1) is 6.58 Å². The molecule has 0 aliphatic heterocycles. The van der Waals surface area contributed by atoms with E-state index in [1.807, 2.05) is 30.3 Å². The van der Waals surface area contributed by atoms with Gasteiger partial charge in [-0.3, -0.25) is 14.3 Å². The fourth-order valence-corrected chi connectivity index (χ4v) is 2.82. The van der Waals surface area contributed by atoms with E-state index in [0.29, 0.717) is 12.1 Å². The van der Waals surface area contributed by atoms with Crippen LogP contribution < -0.4 is 5.43 Å². The highest BCUT2D eigenvalue weighted by Crippen LogP contribution is 2.13. The topological polar surface area (TPSA) is 55.2 Å². The molecule has 26 heavy (non-hydrogen) atoms. The lowest BCUT2D eigenvalue weighted by Crippen LogP contribution is -2.36. The molecule has 0 spiro atoms. The van der Waals surface area contributed by atoms with Crippen molar-refractivity contribution in [3.8, 4) is 0 Å². The van der Waals surface area contributed by atoms with Crippen LogP contribution in [0, 0.1) is 5.82 Å². The molecule has 0 bridgehead atoms. The van der Waals surface area contributed by atoms with E-state index in [0.717, 1.165) is 11.6 Å². The number of hydrogen-bond donors (Lipinski definition) is 0. The molecule has 0 saturated heterocycles. The van der Waals surface area contributed by atoms with Crippen LogP contribution in [0.5, 0.6) is 0 Å². The minimum absolute atomic E-state index is 0.129. The number of amides is 1. The van der Waals surface area contributed by atoms with Gasteiger partial charge in [0.2, 0.25) is 5.43 Å². The van der Waals surface area contributed by atoms with Crippen molar-refractivity contribution in [3.05, 3.63) is 88.5 Å². The van der Waals surface area contributed by atoms with Crippen molar-refractivity contribution >= 4 is 16.8 Å². The Balaban J connectivity index is 2.05. The monoisotopic (exact) mass is 351 g/mol. The molecule has 0 saturated carbocycles. The first-order chi connectivity index (χ1) is 12.5. The fourth-order valence-electron chi connectivity index (χ4n) is 2.82. The van der Waals surface area contributed by atoms with Crippen molar-refractivity contribution < 1.29 is 9.18 Å². The van der Waals surface area contributed by atoms with Gasteiger partial charge >= 0.3 is 0 Å². The molecule has 6 heteroatoms. The predicted octanol–water partition coefficient (Wildman–Crippen LogP) is 2.90. The molecule has 3 aromatic rings. The Morgan fingerprint density at radius 2 is 2.00 bits per heavy atom. The summed E-state index contributed by atoms with van der Waals surface area (Å²) in [6, 6.07) is 13.3. The zero-order valence-electron chi connectivity index (χ0n) is 14.4. The number of carbonyl (C=O) groups is 1. The first-order valence-electron chi connectivity index (χ1n) is 8.12. The van der Waals surface area contributed by atoms with Crippen molar-refractivity contribution in [2.24, 2.45) is 7.05 Å². The molecule has 1 heterocycles. The van der Waals surface area contributed by atoms with Crippen LogP contribution >= 0.6 is 0 Å². The molecule has 0 aliphatic rings. The third-order valence-corrected chi connectivity index (χ3v) is 4.07. The Hall–Kier alpha value is -3.28. The molecule has 5 nitrogen and oxygen atoms in total. The number of aromatic nitrogens is 2. The summed E-state index contributed by atoms with van der Waals surface area (Å²) < 4.78 is 15.0. The summed E-state index contributed by atoms with van der Waals surface area (Å²) in [6.45, 7) is 4.25. The van der Waals surface area contributed by atoms with Gasteiger partial charge in [0.05, 0.1) is 10.9 Å². The van der Waals surface area contributed by atoms with Crippen LogP contribution in [-0.4, -0.2) is 27.1 Å².